The summed E-state index contributed by atoms with van der Waals surface area (Å²) in [5.74, 6) is -1.39. The number of nitrogens with zero attached hydrogens (tertiary/aromatic N) is 2. The van der Waals surface area contributed by atoms with Crippen LogP contribution in [0.5, 0.6) is 0 Å². The lowest BCUT2D eigenvalue weighted by Gasteiger charge is -2.42. The van der Waals surface area contributed by atoms with E-state index in [1.807, 2.05) is 65.3 Å². The molecule has 0 radical (unpaired) electrons. The van der Waals surface area contributed by atoms with Gasteiger partial charge < -0.3 is 4.74 Å². The minimum atomic E-state index is -0.823. The number of carbonyl (C=O) groups excluding carboxylic acids is 1. The normalized spacial score (nSPS) is 15.0. The van der Waals surface area contributed by atoms with Crippen LogP contribution in [0.15, 0.2) is 127 Å². The summed E-state index contributed by atoms with van der Waals surface area (Å²) in [4.78, 5) is 13.5. The minimum absolute atomic E-state index is 0.0333. The highest BCUT2D eigenvalue weighted by Crippen LogP contribution is 2.48. The smallest absolute Gasteiger partial charge is 0.340 e. The number of fused-ring (bicyclic) bond motifs is 2. The number of ether oxygens (including phenoxy) is 1. The Morgan fingerprint density at radius 2 is 1.62 bits per heavy atom. The first-order chi connectivity index (χ1) is 20.6. The number of carbonyl (C=O) groups is 1. The minimum Gasteiger partial charge on any atom is -0.465 e. The highest BCUT2D eigenvalue weighted by molar-refractivity contribution is 7.22. The first-order valence-corrected chi connectivity index (χ1v) is 14.7. The molecule has 0 bridgehead atoms. The number of halogens is 1. The van der Waals surface area contributed by atoms with Gasteiger partial charge in [0.15, 0.2) is 0 Å². The van der Waals surface area contributed by atoms with E-state index in [0.717, 1.165) is 32.5 Å². The van der Waals surface area contributed by atoms with E-state index in [4.69, 9.17) is 9.84 Å². The highest BCUT2D eigenvalue weighted by atomic mass is 32.1. The van der Waals surface area contributed by atoms with Gasteiger partial charge in [0, 0.05) is 10.6 Å². The molecule has 0 aliphatic heterocycles. The maximum Gasteiger partial charge on any atom is 0.340 e. The van der Waals surface area contributed by atoms with Crippen molar-refractivity contribution >= 4 is 38.3 Å². The second-order valence-corrected chi connectivity index (χ2v) is 11.5. The van der Waals surface area contributed by atoms with Gasteiger partial charge in [-0.3, -0.25) is 0 Å². The van der Waals surface area contributed by atoms with Crippen molar-refractivity contribution in [2.45, 2.75) is 12.0 Å². The van der Waals surface area contributed by atoms with Gasteiger partial charge in [0.25, 0.3) is 0 Å². The molecule has 0 saturated heterocycles. The van der Waals surface area contributed by atoms with Crippen molar-refractivity contribution in [2.24, 2.45) is 5.92 Å². The molecule has 2 heterocycles. The van der Waals surface area contributed by atoms with Gasteiger partial charge in [-0.25, -0.2) is 13.9 Å². The van der Waals surface area contributed by atoms with Crippen molar-refractivity contribution in [1.29, 1.82) is 0 Å². The van der Waals surface area contributed by atoms with Crippen molar-refractivity contribution in [3.63, 3.8) is 0 Å². The standard InChI is InChI=1S/C36H27FN2O2S/c1-41-35(40)28-21-22-29-32(33(28)37)34(31-23-24-13-11-12-20-30(24)42-31)38-39(29)36(25-14-5-2-6-15-25,26-16-7-3-8-17-26)27-18-9-4-10-19-27/h2-18,20-23,27H,19H2,1H3. The summed E-state index contributed by atoms with van der Waals surface area (Å²) in [6, 6.07) is 34.0. The first kappa shape index (κ1) is 26.1. The lowest BCUT2D eigenvalue weighted by Crippen LogP contribution is -2.44. The molecule has 6 aromatic rings. The second kappa shape index (κ2) is 10.5. The van der Waals surface area contributed by atoms with Crippen LogP contribution < -0.4 is 0 Å². The molecule has 1 atom stereocenters. The Balaban J connectivity index is 1.63. The number of hydrogen-bond donors (Lipinski definition) is 0. The summed E-state index contributed by atoms with van der Waals surface area (Å²) < 4.78 is 24.6. The van der Waals surface area contributed by atoms with Crippen molar-refractivity contribution in [1.82, 2.24) is 9.78 Å². The molecule has 0 fully saturated rings. The van der Waals surface area contributed by atoms with Crippen LogP contribution in [0.25, 0.3) is 31.6 Å². The fourth-order valence-corrected chi connectivity index (χ4v) is 7.30. The van der Waals surface area contributed by atoms with Crippen LogP contribution >= 0.6 is 11.3 Å². The molecule has 6 heteroatoms. The number of thiophene rings is 1. The Kier molecular flexibility index (Phi) is 6.56. The van der Waals surface area contributed by atoms with E-state index in [2.05, 4.69) is 54.6 Å². The zero-order valence-corrected chi connectivity index (χ0v) is 23.7. The number of hydrogen-bond acceptors (Lipinski definition) is 4. The number of allylic oxidation sites excluding steroid dienone is 4. The molecular formula is C36H27FN2O2S. The molecule has 0 spiro atoms. The molecule has 7 rings (SSSR count). The van der Waals surface area contributed by atoms with Crippen LogP contribution in [-0.4, -0.2) is 22.9 Å². The Labute approximate surface area is 247 Å². The monoisotopic (exact) mass is 570 g/mol. The van der Waals surface area contributed by atoms with Crippen molar-refractivity contribution in [2.75, 3.05) is 7.11 Å². The third-order valence-corrected chi connectivity index (χ3v) is 9.25. The van der Waals surface area contributed by atoms with Crippen molar-refractivity contribution in [3.05, 3.63) is 150 Å². The van der Waals surface area contributed by atoms with Crippen LogP contribution in [0.1, 0.15) is 27.9 Å². The predicted octanol–water partition coefficient (Wildman–Crippen LogP) is 8.77. The van der Waals surface area contributed by atoms with Gasteiger partial charge in [-0.2, -0.15) is 5.10 Å². The maximum atomic E-state index is 16.6. The Morgan fingerprint density at radius 3 is 2.26 bits per heavy atom. The van der Waals surface area contributed by atoms with E-state index < -0.39 is 17.3 Å². The molecule has 0 saturated carbocycles. The average molecular weight is 571 g/mol. The Bertz CT molecular complexity index is 1920. The molecule has 4 aromatic carbocycles. The molecule has 2 aromatic heterocycles. The fourth-order valence-electron chi connectivity index (χ4n) is 6.25. The lowest BCUT2D eigenvalue weighted by atomic mass is 9.70. The fraction of sp³-hybridized carbons (Fsp3) is 0.111. The second-order valence-electron chi connectivity index (χ2n) is 10.4. The van der Waals surface area contributed by atoms with E-state index in [1.54, 1.807) is 17.4 Å². The van der Waals surface area contributed by atoms with Gasteiger partial charge in [-0.05, 0) is 47.2 Å². The number of esters is 1. The average Bonchev–Trinajstić information content (AvgIpc) is 3.66. The molecule has 4 nitrogen and oxygen atoms in total. The SMILES string of the molecule is COC(=O)c1ccc2c(c(-c3cc4ccccc4s3)nn2C(c2ccccc2)(c2ccccc2)C2C=CC=CC2)c1F. The number of benzene rings is 4. The molecule has 1 aliphatic carbocycles. The molecule has 1 aliphatic rings. The molecule has 42 heavy (non-hydrogen) atoms. The molecule has 0 N–H and O–H groups in total. The van der Waals surface area contributed by atoms with E-state index in [1.165, 1.54) is 13.2 Å². The zero-order valence-electron chi connectivity index (χ0n) is 22.9. The van der Waals surface area contributed by atoms with E-state index in [0.29, 0.717) is 16.6 Å². The van der Waals surface area contributed by atoms with E-state index >= 15 is 4.39 Å². The molecule has 1 unspecified atom stereocenters. The van der Waals surface area contributed by atoms with Crippen LogP contribution in [-0.2, 0) is 10.3 Å². The number of rotatable bonds is 6. The van der Waals surface area contributed by atoms with Crippen LogP contribution in [0, 0.1) is 11.7 Å². The van der Waals surface area contributed by atoms with Gasteiger partial charge in [-0.15, -0.1) is 11.3 Å². The Morgan fingerprint density at radius 1 is 0.929 bits per heavy atom. The summed E-state index contributed by atoms with van der Waals surface area (Å²) >= 11 is 1.56. The summed E-state index contributed by atoms with van der Waals surface area (Å²) in [5.41, 5.74) is 2.23. The van der Waals surface area contributed by atoms with Gasteiger partial charge in [-0.1, -0.05) is 103 Å². The van der Waals surface area contributed by atoms with Crippen LogP contribution in [0.2, 0.25) is 0 Å². The first-order valence-electron chi connectivity index (χ1n) is 13.9. The van der Waals surface area contributed by atoms with Gasteiger partial charge >= 0.3 is 5.97 Å². The van der Waals surface area contributed by atoms with E-state index in [-0.39, 0.29) is 11.5 Å². The highest BCUT2D eigenvalue weighted by Gasteiger charge is 2.45. The van der Waals surface area contributed by atoms with Gasteiger partial charge in [0.05, 0.1) is 28.5 Å². The third-order valence-electron chi connectivity index (χ3n) is 8.13. The van der Waals surface area contributed by atoms with E-state index in [9.17, 15) is 4.79 Å². The number of methoxy groups -OCH3 is 1. The largest absolute Gasteiger partial charge is 0.465 e. The zero-order chi connectivity index (χ0) is 28.7. The predicted molar refractivity (Wildman–Crippen MR) is 167 cm³/mol. The Hall–Kier alpha value is -4.81. The molecular weight excluding hydrogens is 543 g/mol. The summed E-state index contributed by atoms with van der Waals surface area (Å²) in [6.45, 7) is 0. The quantitative estimate of drug-likeness (QED) is 0.188. The topological polar surface area (TPSA) is 44.1 Å². The van der Waals surface area contributed by atoms with Crippen LogP contribution in [0.4, 0.5) is 4.39 Å². The van der Waals surface area contributed by atoms with Gasteiger partial charge in [0.2, 0.25) is 0 Å². The lowest BCUT2D eigenvalue weighted by molar-refractivity contribution is 0.0596. The molecule has 206 valence electrons. The summed E-state index contributed by atoms with van der Waals surface area (Å²) in [5, 5.41) is 6.68. The van der Waals surface area contributed by atoms with Gasteiger partial charge in [0.1, 0.15) is 17.1 Å². The van der Waals surface area contributed by atoms with Crippen molar-refractivity contribution < 1.29 is 13.9 Å². The maximum absolute atomic E-state index is 16.6. The number of aromatic nitrogens is 2. The van der Waals surface area contributed by atoms with Crippen molar-refractivity contribution in [3.8, 4) is 10.6 Å². The molecule has 0 amide bonds. The summed E-state index contributed by atoms with van der Waals surface area (Å²) in [6.07, 6.45) is 9.28. The van der Waals surface area contributed by atoms with Crippen LogP contribution in [0.3, 0.4) is 0 Å². The third kappa shape index (κ3) is 4.02. The summed E-state index contributed by atoms with van der Waals surface area (Å²) in [7, 11) is 1.26.